The van der Waals surface area contributed by atoms with E-state index in [2.05, 4.69) is 31.3 Å². The van der Waals surface area contributed by atoms with Gasteiger partial charge in [-0.05, 0) is 48.2 Å². The molecule has 0 unspecified atom stereocenters. The maximum absolute atomic E-state index is 13.2. The fourth-order valence-corrected chi connectivity index (χ4v) is 2.19. The van der Waals surface area contributed by atoms with E-state index >= 15 is 0 Å². The molecule has 0 saturated carbocycles. The normalized spacial score (nSPS) is 10.5. The van der Waals surface area contributed by atoms with Crippen LogP contribution in [0, 0.1) is 12.7 Å². The Morgan fingerprint density at radius 3 is 2.63 bits per heavy atom. The third-order valence-corrected chi connectivity index (χ3v) is 3.29. The van der Waals surface area contributed by atoms with Gasteiger partial charge in [-0.1, -0.05) is 25.1 Å². The van der Waals surface area contributed by atoms with Crippen LogP contribution in [0.1, 0.15) is 23.6 Å². The molecule has 2 aromatic rings. The van der Waals surface area contributed by atoms with Gasteiger partial charge in [-0.25, -0.2) is 4.39 Å². The molecular formula is C16H19FN2. The van der Waals surface area contributed by atoms with Crippen LogP contribution in [0.15, 0.2) is 36.4 Å². The van der Waals surface area contributed by atoms with Crippen LogP contribution in [0.5, 0.6) is 0 Å². The highest BCUT2D eigenvalue weighted by molar-refractivity contribution is 5.69. The van der Waals surface area contributed by atoms with Gasteiger partial charge in [0, 0.05) is 17.9 Å². The second-order valence-corrected chi connectivity index (χ2v) is 4.59. The van der Waals surface area contributed by atoms with Crippen molar-refractivity contribution in [3.63, 3.8) is 0 Å². The van der Waals surface area contributed by atoms with Gasteiger partial charge in [-0.15, -0.1) is 0 Å². The molecule has 19 heavy (non-hydrogen) atoms. The van der Waals surface area contributed by atoms with E-state index in [9.17, 15) is 4.39 Å². The van der Waals surface area contributed by atoms with Crippen LogP contribution in [0.25, 0.3) is 0 Å². The third kappa shape index (κ3) is 2.93. The topological polar surface area (TPSA) is 38.0 Å². The highest BCUT2D eigenvalue weighted by atomic mass is 19.1. The molecular weight excluding hydrogens is 239 g/mol. The number of nitrogens with one attached hydrogen (secondary N) is 1. The lowest BCUT2D eigenvalue weighted by molar-refractivity contribution is 0.626. The first-order valence-corrected chi connectivity index (χ1v) is 6.49. The molecule has 0 saturated heterocycles. The molecule has 0 aliphatic carbocycles. The standard InChI is InChI=1S/C16H19FN2/c1-3-12-6-4-5-11(2)16(12)19-15-8-7-14(17)9-13(15)10-18/h4-9,19H,3,10,18H2,1-2H3. The average Bonchev–Trinajstić information content (AvgIpc) is 2.42. The zero-order valence-corrected chi connectivity index (χ0v) is 11.3. The highest BCUT2D eigenvalue weighted by Crippen LogP contribution is 2.27. The van der Waals surface area contributed by atoms with Crippen LogP contribution in [0.4, 0.5) is 15.8 Å². The SMILES string of the molecule is CCc1cccc(C)c1Nc1ccc(F)cc1CN. The summed E-state index contributed by atoms with van der Waals surface area (Å²) < 4.78 is 13.2. The van der Waals surface area contributed by atoms with Gasteiger partial charge in [0.1, 0.15) is 5.82 Å². The Bertz CT molecular complexity index is 579. The van der Waals surface area contributed by atoms with Crippen molar-refractivity contribution in [3.8, 4) is 0 Å². The number of hydrogen-bond acceptors (Lipinski definition) is 2. The number of nitrogens with two attached hydrogens (primary N) is 1. The molecule has 0 aromatic heterocycles. The minimum absolute atomic E-state index is 0.258. The van der Waals surface area contributed by atoms with Crippen molar-refractivity contribution in [1.82, 2.24) is 0 Å². The van der Waals surface area contributed by atoms with E-state index in [1.165, 1.54) is 23.3 Å². The van der Waals surface area contributed by atoms with E-state index in [-0.39, 0.29) is 5.82 Å². The van der Waals surface area contributed by atoms with E-state index < -0.39 is 0 Å². The van der Waals surface area contributed by atoms with Crippen LogP contribution in [-0.4, -0.2) is 0 Å². The summed E-state index contributed by atoms with van der Waals surface area (Å²) in [5.41, 5.74) is 10.8. The molecule has 0 aliphatic rings. The number of halogens is 1. The van der Waals surface area contributed by atoms with Crippen molar-refractivity contribution in [1.29, 1.82) is 0 Å². The number of anilines is 2. The lowest BCUT2D eigenvalue weighted by atomic mass is 10.0. The summed E-state index contributed by atoms with van der Waals surface area (Å²) in [5, 5.41) is 3.39. The van der Waals surface area contributed by atoms with Gasteiger partial charge in [0.05, 0.1) is 0 Å². The third-order valence-electron chi connectivity index (χ3n) is 3.29. The van der Waals surface area contributed by atoms with Gasteiger partial charge in [-0.3, -0.25) is 0 Å². The van der Waals surface area contributed by atoms with E-state index in [1.54, 1.807) is 6.07 Å². The minimum Gasteiger partial charge on any atom is -0.355 e. The molecule has 0 heterocycles. The molecule has 0 aliphatic heterocycles. The maximum Gasteiger partial charge on any atom is 0.123 e. The summed E-state index contributed by atoms with van der Waals surface area (Å²) in [6, 6.07) is 10.9. The summed E-state index contributed by atoms with van der Waals surface area (Å²) in [6.07, 6.45) is 0.948. The Labute approximate surface area is 113 Å². The van der Waals surface area contributed by atoms with Gasteiger partial charge in [-0.2, -0.15) is 0 Å². The first-order chi connectivity index (χ1) is 9.15. The molecule has 0 radical (unpaired) electrons. The minimum atomic E-state index is -0.258. The zero-order valence-electron chi connectivity index (χ0n) is 11.3. The lowest BCUT2D eigenvalue weighted by Crippen LogP contribution is -2.04. The van der Waals surface area contributed by atoms with Crippen molar-refractivity contribution in [2.24, 2.45) is 5.73 Å². The predicted molar refractivity (Wildman–Crippen MR) is 78.1 cm³/mol. The summed E-state index contributed by atoms with van der Waals surface area (Å²) in [6.45, 7) is 4.50. The molecule has 0 spiro atoms. The van der Waals surface area contributed by atoms with Crippen LogP contribution < -0.4 is 11.1 Å². The average molecular weight is 258 g/mol. The molecule has 2 rings (SSSR count). The molecule has 3 N–H and O–H groups in total. The lowest BCUT2D eigenvalue weighted by Gasteiger charge is -2.16. The van der Waals surface area contributed by atoms with Gasteiger partial charge >= 0.3 is 0 Å². The Kier molecular flexibility index (Phi) is 4.17. The summed E-state index contributed by atoms with van der Waals surface area (Å²) in [5.74, 6) is -0.258. The Morgan fingerprint density at radius 2 is 1.95 bits per heavy atom. The number of rotatable bonds is 4. The Hall–Kier alpha value is -1.87. The van der Waals surface area contributed by atoms with Gasteiger partial charge in [0.2, 0.25) is 0 Å². The first kappa shape index (κ1) is 13.6. The van der Waals surface area contributed by atoms with Gasteiger partial charge in [0.15, 0.2) is 0 Å². The largest absolute Gasteiger partial charge is 0.355 e. The van der Waals surface area contributed by atoms with Crippen molar-refractivity contribution in [2.45, 2.75) is 26.8 Å². The summed E-state index contributed by atoms with van der Waals surface area (Å²) in [4.78, 5) is 0. The van der Waals surface area contributed by atoms with Crippen LogP contribution in [0.2, 0.25) is 0 Å². The van der Waals surface area contributed by atoms with E-state index in [1.807, 2.05) is 6.07 Å². The van der Waals surface area contributed by atoms with E-state index in [0.717, 1.165) is 23.4 Å². The second kappa shape index (κ2) is 5.85. The molecule has 2 nitrogen and oxygen atoms in total. The van der Waals surface area contributed by atoms with Crippen LogP contribution >= 0.6 is 0 Å². The van der Waals surface area contributed by atoms with Crippen LogP contribution in [0.3, 0.4) is 0 Å². The Balaban J connectivity index is 2.41. The Morgan fingerprint density at radius 1 is 1.16 bits per heavy atom. The van der Waals surface area contributed by atoms with Crippen molar-refractivity contribution < 1.29 is 4.39 Å². The molecule has 100 valence electrons. The smallest absolute Gasteiger partial charge is 0.123 e. The maximum atomic E-state index is 13.2. The molecule has 2 aromatic carbocycles. The number of para-hydroxylation sites is 1. The summed E-state index contributed by atoms with van der Waals surface area (Å²) >= 11 is 0. The molecule has 3 heteroatoms. The first-order valence-electron chi connectivity index (χ1n) is 6.49. The highest BCUT2D eigenvalue weighted by Gasteiger charge is 2.08. The molecule has 0 bridgehead atoms. The number of hydrogen-bond donors (Lipinski definition) is 2. The molecule has 0 amide bonds. The molecule has 0 fully saturated rings. The predicted octanol–water partition coefficient (Wildman–Crippen LogP) is 3.90. The number of aryl methyl sites for hydroxylation is 2. The summed E-state index contributed by atoms with van der Waals surface area (Å²) in [7, 11) is 0. The zero-order chi connectivity index (χ0) is 13.8. The fraction of sp³-hybridized carbons (Fsp3) is 0.250. The van der Waals surface area contributed by atoms with Gasteiger partial charge in [0.25, 0.3) is 0 Å². The number of benzene rings is 2. The van der Waals surface area contributed by atoms with Crippen molar-refractivity contribution in [2.75, 3.05) is 5.32 Å². The van der Waals surface area contributed by atoms with Crippen LogP contribution in [-0.2, 0) is 13.0 Å². The second-order valence-electron chi connectivity index (χ2n) is 4.59. The quantitative estimate of drug-likeness (QED) is 0.873. The van der Waals surface area contributed by atoms with Crippen molar-refractivity contribution >= 4 is 11.4 Å². The van der Waals surface area contributed by atoms with E-state index in [0.29, 0.717) is 6.54 Å². The monoisotopic (exact) mass is 258 g/mol. The van der Waals surface area contributed by atoms with Crippen molar-refractivity contribution in [3.05, 3.63) is 58.9 Å². The molecule has 0 atom stereocenters. The van der Waals surface area contributed by atoms with Gasteiger partial charge < -0.3 is 11.1 Å². The van der Waals surface area contributed by atoms with E-state index in [4.69, 9.17) is 5.73 Å². The fourth-order valence-electron chi connectivity index (χ4n) is 2.19.